The van der Waals surface area contributed by atoms with Crippen molar-refractivity contribution < 1.29 is 9.59 Å². The average molecular weight is 345 g/mol. The molecule has 0 radical (unpaired) electrons. The molecule has 0 aromatic heterocycles. The van der Waals surface area contributed by atoms with Gasteiger partial charge in [0.05, 0.1) is 0 Å². The van der Waals surface area contributed by atoms with E-state index >= 15 is 0 Å². The smallest absolute Gasteiger partial charge is 0.239 e. The summed E-state index contributed by atoms with van der Waals surface area (Å²) in [5, 5.41) is 6.14. The van der Waals surface area contributed by atoms with Crippen LogP contribution < -0.4 is 10.6 Å². The SMILES string of the molecule is Cc1cc(C)cc(NC(=O)C(C)(C)C(=O)Nc2ccc(Cl)cc2)c1. The van der Waals surface area contributed by atoms with Gasteiger partial charge < -0.3 is 10.6 Å². The third kappa shape index (κ3) is 4.36. The highest BCUT2D eigenvalue weighted by molar-refractivity contribution is 6.30. The third-order valence-electron chi connectivity index (χ3n) is 3.72. The molecule has 24 heavy (non-hydrogen) atoms. The number of hydrogen-bond donors (Lipinski definition) is 2. The molecular formula is C19H21ClN2O2. The van der Waals surface area contributed by atoms with E-state index in [0.29, 0.717) is 16.4 Å². The summed E-state index contributed by atoms with van der Waals surface area (Å²) in [5.74, 6) is -0.745. The lowest BCUT2D eigenvalue weighted by molar-refractivity contribution is -0.135. The predicted octanol–water partition coefficient (Wildman–Crippen LogP) is 4.56. The lowest BCUT2D eigenvalue weighted by Gasteiger charge is -2.23. The molecular weight excluding hydrogens is 324 g/mol. The summed E-state index contributed by atoms with van der Waals surface area (Å²) in [6.07, 6.45) is 0. The maximum atomic E-state index is 12.5. The second kappa shape index (κ2) is 7.05. The molecule has 0 atom stereocenters. The highest BCUT2D eigenvalue weighted by atomic mass is 35.5. The van der Waals surface area contributed by atoms with Gasteiger partial charge in [-0.25, -0.2) is 0 Å². The fourth-order valence-corrected chi connectivity index (χ4v) is 2.38. The van der Waals surface area contributed by atoms with Gasteiger partial charge in [0, 0.05) is 16.4 Å². The number of amides is 2. The quantitative estimate of drug-likeness (QED) is 0.799. The van der Waals surface area contributed by atoms with Crippen LogP contribution in [-0.2, 0) is 9.59 Å². The first-order valence-corrected chi connectivity index (χ1v) is 8.03. The van der Waals surface area contributed by atoms with E-state index in [9.17, 15) is 9.59 Å². The van der Waals surface area contributed by atoms with Crippen molar-refractivity contribution in [2.24, 2.45) is 5.41 Å². The minimum absolute atomic E-state index is 0.362. The fourth-order valence-electron chi connectivity index (χ4n) is 2.26. The molecule has 5 heteroatoms. The molecule has 2 aromatic rings. The summed E-state index contributed by atoms with van der Waals surface area (Å²) in [7, 11) is 0. The van der Waals surface area contributed by atoms with Gasteiger partial charge in [0.15, 0.2) is 0 Å². The van der Waals surface area contributed by atoms with Gasteiger partial charge in [0.25, 0.3) is 0 Å². The van der Waals surface area contributed by atoms with Crippen molar-refractivity contribution in [1.29, 1.82) is 0 Å². The summed E-state index contributed by atoms with van der Waals surface area (Å²) in [4.78, 5) is 25.0. The zero-order chi connectivity index (χ0) is 17.9. The summed E-state index contributed by atoms with van der Waals surface area (Å²) in [6.45, 7) is 7.11. The Hall–Kier alpha value is -2.33. The van der Waals surface area contributed by atoms with Crippen LogP contribution in [0.2, 0.25) is 5.02 Å². The van der Waals surface area contributed by atoms with Crippen molar-refractivity contribution in [3.8, 4) is 0 Å². The molecule has 2 rings (SSSR count). The van der Waals surface area contributed by atoms with Crippen LogP contribution in [-0.4, -0.2) is 11.8 Å². The molecule has 126 valence electrons. The van der Waals surface area contributed by atoms with Crippen LogP contribution in [0.1, 0.15) is 25.0 Å². The Morgan fingerprint density at radius 3 is 1.79 bits per heavy atom. The van der Waals surface area contributed by atoms with Gasteiger partial charge in [-0.05, 0) is 75.2 Å². The van der Waals surface area contributed by atoms with Crippen LogP contribution >= 0.6 is 11.6 Å². The van der Waals surface area contributed by atoms with Crippen LogP contribution in [0.4, 0.5) is 11.4 Å². The zero-order valence-corrected chi connectivity index (χ0v) is 15.0. The van der Waals surface area contributed by atoms with Crippen molar-refractivity contribution in [1.82, 2.24) is 0 Å². The molecule has 2 N–H and O–H groups in total. The summed E-state index contributed by atoms with van der Waals surface area (Å²) < 4.78 is 0. The van der Waals surface area contributed by atoms with Crippen LogP contribution in [0.25, 0.3) is 0 Å². The Bertz CT molecular complexity index is 747. The molecule has 0 unspecified atom stereocenters. The number of hydrogen-bond acceptors (Lipinski definition) is 2. The van der Waals surface area contributed by atoms with E-state index in [4.69, 9.17) is 11.6 Å². The number of rotatable bonds is 4. The summed E-state index contributed by atoms with van der Waals surface area (Å²) >= 11 is 5.83. The van der Waals surface area contributed by atoms with Gasteiger partial charge in [-0.3, -0.25) is 9.59 Å². The number of aryl methyl sites for hydroxylation is 2. The number of anilines is 2. The molecule has 0 heterocycles. The van der Waals surface area contributed by atoms with Gasteiger partial charge in [-0.1, -0.05) is 17.7 Å². The van der Waals surface area contributed by atoms with E-state index in [1.54, 1.807) is 38.1 Å². The minimum Gasteiger partial charge on any atom is -0.325 e. The van der Waals surface area contributed by atoms with Crippen LogP contribution in [0, 0.1) is 19.3 Å². The van der Waals surface area contributed by atoms with Crippen molar-refractivity contribution >= 4 is 34.8 Å². The third-order valence-corrected chi connectivity index (χ3v) is 3.97. The average Bonchev–Trinajstić information content (AvgIpc) is 2.48. The van der Waals surface area contributed by atoms with Crippen LogP contribution in [0.3, 0.4) is 0 Å². The first kappa shape index (κ1) is 18.0. The van der Waals surface area contributed by atoms with Gasteiger partial charge in [-0.15, -0.1) is 0 Å². The molecule has 0 saturated heterocycles. The van der Waals surface area contributed by atoms with Gasteiger partial charge in [-0.2, -0.15) is 0 Å². The highest BCUT2D eigenvalue weighted by Gasteiger charge is 2.36. The van der Waals surface area contributed by atoms with E-state index < -0.39 is 5.41 Å². The monoisotopic (exact) mass is 344 g/mol. The number of carbonyl (C=O) groups excluding carboxylic acids is 2. The van der Waals surface area contributed by atoms with Crippen LogP contribution in [0.5, 0.6) is 0 Å². The largest absolute Gasteiger partial charge is 0.325 e. The maximum absolute atomic E-state index is 12.5. The lowest BCUT2D eigenvalue weighted by Crippen LogP contribution is -2.41. The lowest BCUT2D eigenvalue weighted by atomic mass is 9.90. The zero-order valence-electron chi connectivity index (χ0n) is 14.2. The summed E-state index contributed by atoms with van der Waals surface area (Å²) in [5.41, 5.74) is 2.15. The summed E-state index contributed by atoms with van der Waals surface area (Å²) in [6, 6.07) is 12.5. The Labute approximate surface area is 147 Å². The van der Waals surface area contributed by atoms with Gasteiger partial charge in [0.2, 0.25) is 11.8 Å². The van der Waals surface area contributed by atoms with E-state index in [1.165, 1.54) is 0 Å². The second-order valence-electron chi connectivity index (χ2n) is 6.42. The maximum Gasteiger partial charge on any atom is 0.239 e. The van der Waals surface area contributed by atoms with E-state index in [0.717, 1.165) is 11.1 Å². The Kier molecular flexibility index (Phi) is 5.30. The Morgan fingerprint density at radius 1 is 0.833 bits per heavy atom. The van der Waals surface area contributed by atoms with E-state index in [-0.39, 0.29) is 11.8 Å². The molecule has 0 fully saturated rings. The van der Waals surface area contributed by atoms with E-state index in [1.807, 2.05) is 32.0 Å². The minimum atomic E-state index is -1.22. The first-order chi connectivity index (χ1) is 11.2. The number of carbonyl (C=O) groups is 2. The standard InChI is InChI=1S/C19H21ClN2O2/c1-12-9-13(2)11-16(10-12)22-18(24)19(3,4)17(23)21-15-7-5-14(20)6-8-15/h5-11H,1-4H3,(H,21,23)(H,22,24). The number of halogens is 1. The predicted molar refractivity (Wildman–Crippen MR) is 98.4 cm³/mol. The first-order valence-electron chi connectivity index (χ1n) is 7.65. The highest BCUT2D eigenvalue weighted by Crippen LogP contribution is 2.23. The van der Waals surface area contributed by atoms with Gasteiger partial charge in [0.1, 0.15) is 5.41 Å². The topological polar surface area (TPSA) is 58.2 Å². The van der Waals surface area contributed by atoms with Crippen molar-refractivity contribution in [2.75, 3.05) is 10.6 Å². The number of benzene rings is 2. The molecule has 2 aromatic carbocycles. The molecule has 0 saturated carbocycles. The van der Waals surface area contributed by atoms with Crippen molar-refractivity contribution in [3.63, 3.8) is 0 Å². The number of nitrogens with one attached hydrogen (secondary N) is 2. The van der Waals surface area contributed by atoms with Crippen molar-refractivity contribution in [3.05, 3.63) is 58.6 Å². The molecule has 0 aliphatic carbocycles. The van der Waals surface area contributed by atoms with Crippen molar-refractivity contribution in [2.45, 2.75) is 27.7 Å². The Morgan fingerprint density at radius 2 is 1.29 bits per heavy atom. The van der Waals surface area contributed by atoms with Crippen LogP contribution in [0.15, 0.2) is 42.5 Å². The second-order valence-corrected chi connectivity index (χ2v) is 6.85. The molecule has 2 amide bonds. The molecule has 0 bridgehead atoms. The van der Waals surface area contributed by atoms with Gasteiger partial charge >= 0.3 is 0 Å². The van der Waals surface area contributed by atoms with E-state index in [2.05, 4.69) is 10.6 Å². The molecule has 0 aliphatic heterocycles. The normalized spacial score (nSPS) is 11.0. The fraction of sp³-hybridized carbons (Fsp3) is 0.263. The molecule has 0 spiro atoms. The molecule has 4 nitrogen and oxygen atoms in total. The molecule has 0 aliphatic rings. The Balaban J connectivity index is 2.11.